The molecule has 0 heterocycles. The van der Waals surface area contributed by atoms with Gasteiger partial charge in [-0.15, -0.1) is 0 Å². The van der Waals surface area contributed by atoms with Crippen molar-refractivity contribution in [3.63, 3.8) is 0 Å². The SMILES string of the molecule is CCc1cc(OC)ccc1CC(C)=O. The van der Waals surface area contributed by atoms with Gasteiger partial charge < -0.3 is 4.74 Å². The quantitative estimate of drug-likeness (QED) is 0.732. The van der Waals surface area contributed by atoms with Crippen LogP contribution in [0.5, 0.6) is 5.75 Å². The molecule has 1 aromatic rings. The molecule has 0 aliphatic carbocycles. The van der Waals surface area contributed by atoms with Crippen molar-refractivity contribution in [1.82, 2.24) is 0 Å². The number of ketones is 1. The fraction of sp³-hybridized carbons (Fsp3) is 0.417. The first-order chi connectivity index (χ1) is 6.67. The van der Waals surface area contributed by atoms with E-state index in [0.29, 0.717) is 6.42 Å². The summed E-state index contributed by atoms with van der Waals surface area (Å²) < 4.78 is 5.13. The number of hydrogen-bond acceptors (Lipinski definition) is 2. The van der Waals surface area contributed by atoms with E-state index >= 15 is 0 Å². The third-order valence-electron chi connectivity index (χ3n) is 2.23. The van der Waals surface area contributed by atoms with E-state index in [4.69, 9.17) is 4.74 Å². The summed E-state index contributed by atoms with van der Waals surface area (Å²) in [5, 5.41) is 0. The number of hydrogen-bond donors (Lipinski definition) is 0. The lowest BCUT2D eigenvalue weighted by Gasteiger charge is -2.08. The molecule has 76 valence electrons. The third-order valence-corrected chi connectivity index (χ3v) is 2.23. The zero-order valence-corrected chi connectivity index (χ0v) is 8.96. The van der Waals surface area contributed by atoms with E-state index in [1.165, 1.54) is 5.56 Å². The van der Waals surface area contributed by atoms with Crippen LogP contribution in [-0.2, 0) is 17.6 Å². The summed E-state index contributed by atoms with van der Waals surface area (Å²) >= 11 is 0. The zero-order chi connectivity index (χ0) is 10.6. The van der Waals surface area contributed by atoms with Gasteiger partial charge in [-0.3, -0.25) is 4.79 Å². The maximum absolute atomic E-state index is 11.0. The molecule has 0 amide bonds. The predicted molar refractivity (Wildman–Crippen MR) is 56.8 cm³/mol. The number of aryl methyl sites for hydroxylation is 1. The molecular weight excluding hydrogens is 176 g/mol. The van der Waals surface area contributed by atoms with Crippen LogP contribution >= 0.6 is 0 Å². The first-order valence-corrected chi connectivity index (χ1v) is 4.82. The highest BCUT2D eigenvalue weighted by atomic mass is 16.5. The average molecular weight is 192 g/mol. The molecular formula is C12H16O2. The van der Waals surface area contributed by atoms with Gasteiger partial charge in [0.05, 0.1) is 7.11 Å². The Bertz CT molecular complexity index is 329. The summed E-state index contributed by atoms with van der Waals surface area (Å²) in [7, 11) is 1.65. The van der Waals surface area contributed by atoms with Crippen LogP contribution in [0, 0.1) is 0 Å². The van der Waals surface area contributed by atoms with Gasteiger partial charge in [-0.25, -0.2) is 0 Å². The van der Waals surface area contributed by atoms with Crippen molar-refractivity contribution in [2.45, 2.75) is 26.7 Å². The molecule has 0 atom stereocenters. The molecule has 0 aliphatic heterocycles. The highest BCUT2D eigenvalue weighted by molar-refractivity contribution is 5.78. The molecule has 0 unspecified atom stereocenters. The van der Waals surface area contributed by atoms with Crippen LogP contribution in [0.15, 0.2) is 18.2 Å². The Balaban J connectivity index is 2.98. The average Bonchev–Trinajstić information content (AvgIpc) is 2.17. The normalized spacial score (nSPS) is 9.93. The first-order valence-electron chi connectivity index (χ1n) is 4.82. The van der Waals surface area contributed by atoms with Gasteiger partial charge in [0.1, 0.15) is 11.5 Å². The Hall–Kier alpha value is -1.31. The van der Waals surface area contributed by atoms with Crippen LogP contribution in [0.2, 0.25) is 0 Å². The van der Waals surface area contributed by atoms with Crippen LogP contribution in [0.3, 0.4) is 0 Å². The number of ether oxygens (including phenoxy) is 1. The van der Waals surface area contributed by atoms with Gasteiger partial charge in [0.25, 0.3) is 0 Å². The van der Waals surface area contributed by atoms with Gasteiger partial charge in [-0.05, 0) is 36.6 Å². The lowest BCUT2D eigenvalue weighted by atomic mass is 10.0. The maximum Gasteiger partial charge on any atom is 0.134 e. The molecule has 2 heteroatoms. The van der Waals surface area contributed by atoms with Crippen molar-refractivity contribution in [3.8, 4) is 5.75 Å². The minimum atomic E-state index is 0.199. The van der Waals surface area contributed by atoms with Gasteiger partial charge in [0.15, 0.2) is 0 Å². The van der Waals surface area contributed by atoms with Crippen LogP contribution in [0.4, 0.5) is 0 Å². The smallest absolute Gasteiger partial charge is 0.134 e. The van der Waals surface area contributed by atoms with Gasteiger partial charge in [-0.1, -0.05) is 13.0 Å². The Morgan fingerprint density at radius 1 is 1.36 bits per heavy atom. The van der Waals surface area contributed by atoms with Crippen molar-refractivity contribution in [1.29, 1.82) is 0 Å². The summed E-state index contributed by atoms with van der Waals surface area (Å²) in [6, 6.07) is 5.87. The molecule has 0 spiro atoms. The van der Waals surface area contributed by atoms with E-state index < -0.39 is 0 Å². The lowest BCUT2D eigenvalue weighted by molar-refractivity contribution is -0.116. The summed E-state index contributed by atoms with van der Waals surface area (Å²) in [5.74, 6) is 1.05. The van der Waals surface area contributed by atoms with Crippen molar-refractivity contribution in [2.75, 3.05) is 7.11 Å². The van der Waals surface area contributed by atoms with E-state index in [9.17, 15) is 4.79 Å². The largest absolute Gasteiger partial charge is 0.497 e. The highest BCUT2D eigenvalue weighted by Gasteiger charge is 2.04. The van der Waals surface area contributed by atoms with Gasteiger partial charge >= 0.3 is 0 Å². The highest BCUT2D eigenvalue weighted by Crippen LogP contribution is 2.18. The monoisotopic (exact) mass is 192 g/mol. The fourth-order valence-corrected chi connectivity index (χ4v) is 1.50. The Labute approximate surface area is 84.9 Å². The van der Waals surface area contributed by atoms with E-state index in [0.717, 1.165) is 17.7 Å². The number of benzene rings is 1. The molecule has 0 aliphatic rings. The minimum Gasteiger partial charge on any atom is -0.497 e. The van der Waals surface area contributed by atoms with Crippen LogP contribution < -0.4 is 4.74 Å². The minimum absolute atomic E-state index is 0.199. The van der Waals surface area contributed by atoms with Crippen LogP contribution in [0.1, 0.15) is 25.0 Å². The second-order valence-corrected chi connectivity index (χ2v) is 3.37. The molecule has 0 saturated carbocycles. The van der Waals surface area contributed by atoms with Crippen molar-refractivity contribution >= 4 is 5.78 Å². The Morgan fingerprint density at radius 2 is 2.07 bits per heavy atom. The molecule has 14 heavy (non-hydrogen) atoms. The van der Waals surface area contributed by atoms with Crippen molar-refractivity contribution < 1.29 is 9.53 Å². The van der Waals surface area contributed by atoms with Crippen LogP contribution in [0.25, 0.3) is 0 Å². The summed E-state index contributed by atoms with van der Waals surface area (Å²) in [5.41, 5.74) is 2.31. The zero-order valence-electron chi connectivity index (χ0n) is 8.96. The van der Waals surface area contributed by atoms with E-state index in [-0.39, 0.29) is 5.78 Å². The molecule has 0 N–H and O–H groups in total. The lowest BCUT2D eigenvalue weighted by Crippen LogP contribution is -2.00. The molecule has 0 aromatic heterocycles. The molecule has 0 saturated heterocycles. The van der Waals surface area contributed by atoms with E-state index in [2.05, 4.69) is 6.92 Å². The maximum atomic E-state index is 11.0. The number of carbonyl (C=O) groups is 1. The summed E-state index contributed by atoms with van der Waals surface area (Å²) in [6.07, 6.45) is 1.45. The van der Waals surface area contributed by atoms with Gasteiger partial charge in [-0.2, -0.15) is 0 Å². The standard InChI is InChI=1S/C12H16O2/c1-4-10-8-12(14-3)6-5-11(10)7-9(2)13/h5-6,8H,4,7H2,1-3H3. The second kappa shape index (κ2) is 4.80. The molecule has 1 aromatic carbocycles. The fourth-order valence-electron chi connectivity index (χ4n) is 1.50. The number of rotatable bonds is 4. The van der Waals surface area contributed by atoms with E-state index in [1.54, 1.807) is 14.0 Å². The molecule has 2 nitrogen and oxygen atoms in total. The molecule has 0 radical (unpaired) electrons. The number of carbonyl (C=O) groups excluding carboxylic acids is 1. The summed E-state index contributed by atoms with van der Waals surface area (Å²) in [4.78, 5) is 11.0. The van der Waals surface area contributed by atoms with E-state index in [1.807, 2.05) is 18.2 Å². The molecule has 1 rings (SSSR count). The van der Waals surface area contributed by atoms with Gasteiger partial charge in [0.2, 0.25) is 0 Å². The first kappa shape index (κ1) is 10.8. The summed E-state index contributed by atoms with van der Waals surface area (Å²) in [6.45, 7) is 3.70. The topological polar surface area (TPSA) is 26.3 Å². The molecule has 0 fully saturated rings. The van der Waals surface area contributed by atoms with Gasteiger partial charge in [0, 0.05) is 6.42 Å². The predicted octanol–water partition coefficient (Wildman–Crippen LogP) is 2.39. The number of methoxy groups -OCH3 is 1. The number of Topliss-reactive ketones (excluding diaryl/α,β-unsaturated/α-hetero) is 1. The van der Waals surface area contributed by atoms with Crippen molar-refractivity contribution in [3.05, 3.63) is 29.3 Å². The van der Waals surface area contributed by atoms with Crippen molar-refractivity contribution in [2.24, 2.45) is 0 Å². The Kier molecular flexibility index (Phi) is 3.69. The molecule has 0 bridgehead atoms. The Morgan fingerprint density at radius 3 is 2.57 bits per heavy atom. The third kappa shape index (κ3) is 2.59. The second-order valence-electron chi connectivity index (χ2n) is 3.37. The van der Waals surface area contributed by atoms with Crippen LogP contribution in [-0.4, -0.2) is 12.9 Å².